The summed E-state index contributed by atoms with van der Waals surface area (Å²) in [4.78, 5) is 27.9. The van der Waals surface area contributed by atoms with E-state index in [-0.39, 0.29) is 17.2 Å². The van der Waals surface area contributed by atoms with Crippen molar-refractivity contribution in [3.05, 3.63) is 29.8 Å². The summed E-state index contributed by atoms with van der Waals surface area (Å²) in [5.74, 6) is 1.25. The normalized spacial score (nSPS) is 23.2. The highest BCUT2D eigenvalue weighted by molar-refractivity contribution is 5.83. The van der Waals surface area contributed by atoms with Crippen molar-refractivity contribution in [1.29, 1.82) is 0 Å². The molecule has 1 saturated carbocycles. The molecule has 32 heavy (non-hydrogen) atoms. The zero-order valence-corrected chi connectivity index (χ0v) is 19.4. The fourth-order valence-electron chi connectivity index (χ4n) is 5.60. The molecule has 1 aliphatic carbocycles. The number of likely N-dealkylation sites (tertiary alicyclic amines) is 1. The summed E-state index contributed by atoms with van der Waals surface area (Å²) in [5, 5.41) is 6.37. The Labute approximate surface area is 192 Å². The van der Waals surface area contributed by atoms with Gasteiger partial charge in [0.05, 0.1) is 18.5 Å². The molecule has 0 aromatic heterocycles. The molecule has 2 aliphatic heterocycles. The Bertz CT molecular complexity index is 767. The highest BCUT2D eigenvalue weighted by Gasteiger charge is 2.41. The van der Waals surface area contributed by atoms with E-state index in [1.165, 1.54) is 24.8 Å². The van der Waals surface area contributed by atoms with Crippen molar-refractivity contribution in [2.45, 2.75) is 76.7 Å². The van der Waals surface area contributed by atoms with Crippen molar-refractivity contribution < 1.29 is 14.3 Å². The van der Waals surface area contributed by atoms with Gasteiger partial charge in [0.2, 0.25) is 11.8 Å². The lowest BCUT2D eigenvalue weighted by Crippen LogP contribution is -2.51. The molecule has 6 nitrogen and oxygen atoms in total. The standard InChI is InChI=1S/C26H39N3O3/c30-24(28-22-10-2-1-3-11-22)20-29-17-14-26(15-18-29)13-7-6-9-21-8-4-5-12-23(21)32-19-16-27-25(26)31/h4-5,8,12,22H,1-3,6-7,9-11,13-20H2,(H,27,31)(H,28,30). The topological polar surface area (TPSA) is 70.7 Å². The number of piperidine rings is 1. The van der Waals surface area contributed by atoms with Crippen LogP contribution in [0.5, 0.6) is 5.75 Å². The number of nitrogens with zero attached hydrogens (tertiary/aromatic N) is 1. The van der Waals surface area contributed by atoms with Crippen LogP contribution in [0.1, 0.15) is 69.8 Å². The van der Waals surface area contributed by atoms with Gasteiger partial charge >= 0.3 is 0 Å². The number of hydrogen-bond donors (Lipinski definition) is 2. The second kappa shape index (κ2) is 11.2. The largest absolute Gasteiger partial charge is 0.491 e. The summed E-state index contributed by atoms with van der Waals surface area (Å²) in [6, 6.07) is 8.59. The summed E-state index contributed by atoms with van der Waals surface area (Å²) >= 11 is 0. The van der Waals surface area contributed by atoms with Crippen molar-refractivity contribution in [2.24, 2.45) is 5.41 Å². The van der Waals surface area contributed by atoms with E-state index in [1.807, 2.05) is 12.1 Å². The Morgan fingerprint density at radius 3 is 2.66 bits per heavy atom. The predicted molar refractivity (Wildman–Crippen MR) is 126 cm³/mol. The van der Waals surface area contributed by atoms with Crippen LogP contribution >= 0.6 is 0 Å². The lowest BCUT2D eigenvalue weighted by Gasteiger charge is -2.41. The van der Waals surface area contributed by atoms with Crippen LogP contribution < -0.4 is 15.4 Å². The van der Waals surface area contributed by atoms with Crippen LogP contribution in [0.2, 0.25) is 0 Å². The minimum atomic E-state index is -0.310. The van der Waals surface area contributed by atoms with Crippen LogP contribution in [0.4, 0.5) is 0 Å². The molecule has 1 aromatic rings. The van der Waals surface area contributed by atoms with Gasteiger partial charge in [0.1, 0.15) is 12.4 Å². The highest BCUT2D eigenvalue weighted by atomic mass is 16.5. The molecule has 1 spiro atoms. The van der Waals surface area contributed by atoms with Gasteiger partial charge in [-0.1, -0.05) is 43.9 Å². The van der Waals surface area contributed by atoms with Crippen LogP contribution in [0, 0.1) is 5.41 Å². The maximum Gasteiger partial charge on any atom is 0.234 e. The van der Waals surface area contributed by atoms with Gasteiger partial charge in [-0.15, -0.1) is 0 Å². The van der Waals surface area contributed by atoms with E-state index < -0.39 is 0 Å². The van der Waals surface area contributed by atoms with Gasteiger partial charge in [-0.2, -0.15) is 0 Å². The van der Waals surface area contributed by atoms with E-state index in [4.69, 9.17) is 4.74 Å². The molecular formula is C26H39N3O3. The zero-order valence-electron chi connectivity index (χ0n) is 19.4. The molecule has 2 N–H and O–H groups in total. The van der Waals surface area contributed by atoms with Crippen LogP contribution in [0.3, 0.4) is 0 Å². The number of nitrogens with one attached hydrogen (secondary N) is 2. The summed E-state index contributed by atoms with van der Waals surface area (Å²) in [6.45, 7) is 3.10. The molecule has 3 aliphatic rings. The Kier molecular flexibility index (Phi) is 8.06. The van der Waals surface area contributed by atoms with E-state index in [1.54, 1.807) is 0 Å². The number of fused-ring (bicyclic) bond motifs is 1. The Morgan fingerprint density at radius 2 is 1.84 bits per heavy atom. The first kappa shape index (κ1) is 23.1. The van der Waals surface area contributed by atoms with Crippen molar-refractivity contribution >= 4 is 11.8 Å². The summed E-state index contributed by atoms with van der Waals surface area (Å²) < 4.78 is 5.94. The Hall–Kier alpha value is -2.08. The number of aryl methyl sites for hydroxylation is 1. The van der Waals surface area contributed by atoms with E-state index >= 15 is 0 Å². The van der Waals surface area contributed by atoms with Gasteiger partial charge in [0, 0.05) is 6.04 Å². The van der Waals surface area contributed by atoms with E-state index in [9.17, 15) is 9.59 Å². The minimum absolute atomic E-state index is 0.145. The van der Waals surface area contributed by atoms with Gasteiger partial charge < -0.3 is 15.4 Å². The molecule has 0 atom stereocenters. The van der Waals surface area contributed by atoms with E-state index in [0.717, 1.165) is 70.2 Å². The zero-order chi connectivity index (χ0) is 22.2. The summed E-state index contributed by atoms with van der Waals surface area (Å²) in [7, 11) is 0. The fourth-order valence-corrected chi connectivity index (χ4v) is 5.60. The van der Waals surface area contributed by atoms with Crippen molar-refractivity contribution in [3.63, 3.8) is 0 Å². The average Bonchev–Trinajstić information content (AvgIpc) is 2.81. The second-order valence-corrected chi connectivity index (χ2v) is 9.88. The maximum absolute atomic E-state index is 13.2. The SMILES string of the molecule is O=C(CN1CCC2(CCCCc3ccccc3OCCNC2=O)CC1)NC1CCCCC1. The van der Waals surface area contributed by atoms with Gasteiger partial charge in [0.25, 0.3) is 0 Å². The molecule has 0 bridgehead atoms. The Morgan fingerprint density at radius 1 is 1.06 bits per heavy atom. The van der Waals surface area contributed by atoms with E-state index in [2.05, 4.69) is 27.7 Å². The number of amides is 2. The minimum Gasteiger partial charge on any atom is -0.491 e. The quantitative estimate of drug-likeness (QED) is 0.754. The molecule has 4 rings (SSSR count). The van der Waals surface area contributed by atoms with Gasteiger partial charge in [0.15, 0.2) is 0 Å². The molecular weight excluding hydrogens is 402 g/mol. The molecule has 2 heterocycles. The van der Waals surface area contributed by atoms with Crippen LogP contribution in [0.25, 0.3) is 0 Å². The van der Waals surface area contributed by atoms with Crippen LogP contribution in [-0.2, 0) is 16.0 Å². The number of rotatable bonds is 3. The highest BCUT2D eigenvalue weighted by Crippen LogP contribution is 2.37. The molecule has 2 amide bonds. The van der Waals surface area contributed by atoms with Crippen LogP contribution in [0.15, 0.2) is 24.3 Å². The first-order valence-electron chi connectivity index (χ1n) is 12.7. The monoisotopic (exact) mass is 441 g/mol. The number of ether oxygens (including phenoxy) is 1. The Balaban J connectivity index is 1.30. The third-order valence-electron chi connectivity index (χ3n) is 7.60. The van der Waals surface area contributed by atoms with Gasteiger partial charge in [-0.3, -0.25) is 14.5 Å². The number of hydrogen-bond acceptors (Lipinski definition) is 4. The molecule has 1 aromatic carbocycles. The third-order valence-corrected chi connectivity index (χ3v) is 7.60. The summed E-state index contributed by atoms with van der Waals surface area (Å²) in [5.41, 5.74) is 0.946. The molecule has 0 radical (unpaired) electrons. The molecule has 176 valence electrons. The average molecular weight is 442 g/mol. The number of carbonyl (C=O) groups excluding carboxylic acids is 2. The van der Waals surface area contributed by atoms with Gasteiger partial charge in [-0.25, -0.2) is 0 Å². The fraction of sp³-hybridized carbons (Fsp3) is 0.692. The van der Waals surface area contributed by atoms with Crippen molar-refractivity contribution in [3.8, 4) is 5.75 Å². The predicted octanol–water partition coefficient (Wildman–Crippen LogP) is 3.44. The number of benzene rings is 1. The summed E-state index contributed by atoms with van der Waals surface area (Å²) in [6.07, 6.45) is 11.6. The maximum atomic E-state index is 13.2. The lowest BCUT2D eigenvalue weighted by molar-refractivity contribution is -0.135. The smallest absolute Gasteiger partial charge is 0.234 e. The van der Waals surface area contributed by atoms with Crippen molar-refractivity contribution in [2.75, 3.05) is 32.8 Å². The molecule has 1 saturated heterocycles. The van der Waals surface area contributed by atoms with E-state index in [0.29, 0.717) is 25.7 Å². The molecule has 6 heteroatoms. The third kappa shape index (κ3) is 6.03. The lowest BCUT2D eigenvalue weighted by atomic mass is 9.73. The first-order chi connectivity index (χ1) is 15.6. The van der Waals surface area contributed by atoms with Crippen molar-refractivity contribution in [1.82, 2.24) is 15.5 Å². The molecule has 0 unspecified atom stereocenters. The number of carbonyl (C=O) groups is 2. The number of para-hydroxylation sites is 1. The second-order valence-electron chi connectivity index (χ2n) is 9.88. The first-order valence-corrected chi connectivity index (χ1v) is 12.7. The molecule has 2 fully saturated rings. The van der Waals surface area contributed by atoms with Crippen LogP contribution in [-0.4, -0.2) is 55.5 Å². The van der Waals surface area contributed by atoms with Gasteiger partial charge in [-0.05, 0) is 69.7 Å².